The van der Waals surface area contributed by atoms with Gasteiger partial charge in [0.1, 0.15) is 7.05 Å². The first kappa shape index (κ1) is 17.6. The second-order valence-corrected chi connectivity index (χ2v) is 6.03. The number of halogens is 1. The number of hydrogen-bond donors (Lipinski definition) is 1. The first-order valence-corrected chi connectivity index (χ1v) is 7.91. The number of nitrogen functional groups attached to an aromatic ring is 1. The third-order valence-electron chi connectivity index (χ3n) is 4.54. The molecule has 1 aromatic heterocycles. The Morgan fingerprint density at radius 2 is 1.62 bits per heavy atom. The maximum absolute atomic E-state index is 10.9. The van der Waals surface area contributed by atoms with E-state index in [1.165, 1.54) is 12.1 Å². The van der Waals surface area contributed by atoms with Crippen molar-refractivity contribution in [2.75, 3.05) is 5.73 Å². The number of anilines is 1. The summed E-state index contributed by atoms with van der Waals surface area (Å²) >= 11 is 0. The van der Waals surface area contributed by atoms with Gasteiger partial charge in [-0.3, -0.25) is 10.1 Å². The molecule has 0 bridgehead atoms. The van der Waals surface area contributed by atoms with Crippen molar-refractivity contribution in [2.45, 2.75) is 0 Å². The van der Waals surface area contributed by atoms with E-state index in [0.717, 1.165) is 32.9 Å². The molecule has 26 heavy (non-hydrogen) atoms. The van der Waals surface area contributed by atoms with Crippen molar-refractivity contribution in [3.8, 4) is 11.3 Å². The molecule has 6 heteroatoms. The van der Waals surface area contributed by atoms with Gasteiger partial charge in [-0.1, -0.05) is 18.2 Å². The zero-order chi connectivity index (χ0) is 17.6. The normalized spacial score (nSPS) is 10.7. The molecule has 0 unspecified atom stereocenters. The number of pyridine rings is 1. The topological polar surface area (TPSA) is 73.0 Å². The molecule has 130 valence electrons. The monoisotopic (exact) mass is 365 g/mol. The van der Waals surface area contributed by atoms with E-state index in [1.54, 1.807) is 12.1 Å². The summed E-state index contributed by atoms with van der Waals surface area (Å²) in [7, 11) is 2.00. The summed E-state index contributed by atoms with van der Waals surface area (Å²) in [5, 5.41) is 14.2. The molecule has 4 rings (SSSR count). The van der Waals surface area contributed by atoms with Gasteiger partial charge in [-0.2, -0.15) is 4.57 Å². The van der Waals surface area contributed by atoms with Crippen molar-refractivity contribution < 1.29 is 21.9 Å². The highest BCUT2D eigenvalue weighted by Crippen LogP contribution is 2.32. The van der Waals surface area contributed by atoms with E-state index in [1.807, 2.05) is 37.4 Å². The van der Waals surface area contributed by atoms with Gasteiger partial charge in [0, 0.05) is 34.8 Å². The van der Waals surface area contributed by atoms with Crippen molar-refractivity contribution in [2.24, 2.45) is 7.05 Å². The summed E-state index contributed by atoms with van der Waals surface area (Å²) in [5.41, 5.74) is 9.78. The summed E-state index contributed by atoms with van der Waals surface area (Å²) in [4.78, 5) is 10.5. The van der Waals surface area contributed by atoms with Crippen LogP contribution in [0.4, 0.5) is 11.4 Å². The Kier molecular flexibility index (Phi) is 4.49. The van der Waals surface area contributed by atoms with Gasteiger partial charge in [-0.15, -0.1) is 0 Å². The lowest BCUT2D eigenvalue weighted by atomic mass is 9.98. The fraction of sp³-hybridized carbons (Fsp3) is 0.0500. The number of fused-ring (bicyclic) bond motifs is 3. The number of aromatic nitrogens is 1. The Bertz CT molecular complexity index is 1140. The molecule has 5 nitrogen and oxygen atoms in total. The molecule has 0 atom stereocenters. The molecule has 0 aliphatic heterocycles. The van der Waals surface area contributed by atoms with Crippen molar-refractivity contribution in [1.82, 2.24) is 0 Å². The van der Waals surface area contributed by atoms with E-state index in [2.05, 4.69) is 16.7 Å². The van der Waals surface area contributed by atoms with Crippen LogP contribution in [0.1, 0.15) is 0 Å². The second-order valence-electron chi connectivity index (χ2n) is 6.03. The number of nitrogens with two attached hydrogens (primary N) is 1. The lowest BCUT2D eigenvalue weighted by molar-refractivity contribution is -0.632. The van der Waals surface area contributed by atoms with Crippen LogP contribution in [0.2, 0.25) is 0 Å². The molecular weight excluding hydrogens is 350 g/mol. The molecule has 0 aliphatic carbocycles. The van der Waals surface area contributed by atoms with Crippen molar-refractivity contribution in [3.63, 3.8) is 0 Å². The van der Waals surface area contributed by atoms with Crippen LogP contribution in [-0.2, 0) is 7.05 Å². The van der Waals surface area contributed by atoms with Crippen LogP contribution in [0.15, 0.2) is 66.7 Å². The van der Waals surface area contributed by atoms with E-state index in [9.17, 15) is 10.1 Å². The van der Waals surface area contributed by atoms with E-state index in [0.29, 0.717) is 5.69 Å². The number of rotatable bonds is 2. The lowest BCUT2D eigenvalue weighted by Crippen LogP contribution is -3.00. The summed E-state index contributed by atoms with van der Waals surface area (Å²) in [6.07, 6.45) is 0. The number of aryl methyl sites for hydroxylation is 1. The largest absolute Gasteiger partial charge is 1.00 e. The van der Waals surface area contributed by atoms with E-state index < -0.39 is 0 Å². The smallest absolute Gasteiger partial charge is 0.269 e. The third-order valence-corrected chi connectivity index (χ3v) is 4.54. The minimum absolute atomic E-state index is 0. The van der Waals surface area contributed by atoms with Crippen molar-refractivity contribution >= 4 is 33.1 Å². The standard InChI is InChI=1S/C20H16N3O2.ClH/c1-22-19-5-3-2-4-17(19)16-11-8-14(21)12-18(16)20(22)13-6-9-15(10-7-13)23(24)25;/h2-12H,21H2,1H3;1H/q+1;/p-1. The third kappa shape index (κ3) is 2.72. The first-order valence-electron chi connectivity index (χ1n) is 7.91. The molecular formula is C20H16ClN3O2. The van der Waals surface area contributed by atoms with Gasteiger partial charge in [0.05, 0.1) is 15.7 Å². The average molecular weight is 366 g/mol. The summed E-state index contributed by atoms with van der Waals surface area (Å²) in [6, 6.07) is 20.7. The van der Waals surface area contributed by atoms with Gasteiger partial charge in [0.2, 0.25) is 11.2 Å². The van der Waals surface area contributed by atoms with Crippen LogP contribution in [0.25, 0.3) is 32.9 Å². The van der Waals surface area contributed by atoms with Crippen LogP contribution in [0.3, 0.4) is 0 Å². The Balaban J connectivity index is 0.00000196. The van der Waals surface area contributed by atoms with Crippen LogP contribution in [0.5, 0.6) is 0 Å². The first-order chi connectivity index (χ1) is 12.1. The van der Waals surface area contributed by atoms with Crippen molar-refractivity contribution in [1.29, 1.82) is 0 Å². The average Bonchev–Trinajstić information content (AvgIpc) is 2.62. The molecule has 0 saturated heterocycles. The second kappa shape index (κ2) is 6.61. The number of para-hydroxylation sites is 1. The van der Waals surface area contributed by atoms with Gasteiger partial charge >= 0.3 is 0 Å². The maximum atomic E-state index is 10.9. The molecule has 0 spiro atoms. The predicted octanol–water partition coefficient (Wildman–Crippen LogP) is 0.979. The molecule has 0 radical (unpaired) electrons. The van der Waals surface area contributed by atoms with Crippen LogP contribution in [-0.4, -0.2) is 4.92 Å². The summed E-state index contributed by atoms with van der Waals surface area (Å²) in [6.45, 7) is 0. The lowest BCUT2D eigenvalue weighted by Gasteiger charge is -2.10. The zero-order valence-corrected chi connectivity index (χ0v) is 14.8. The highest BCUT2D eigenvalue weighted by Gasteiger charge is 2.21. The SMILES string of the molecule is C[n+]1c(-c2ccc([N+](=O)[O-])cc2)c2cc(N)ccc2c2ccccc21.[Cl-]. The van der Waals surface area contributed by atoms with E-state index in [4.69, 9.17) is 5.73 Å². The fourth-order valence-electron chi connectivity index (χ4n) is 3.38. The van der Waals surface area contributed by atoms with Gasteiger partial charge in [-0.25, -0.2) is 0 Å². The predicted molar refractivity (Wildman–Crippen MR) is 99.1 cm³/mol. The molecule has 0 aliphatic rings. The minimum Gasteiger partial charge on any atom is -1.00 e. The van der Waals surface area contributed by atoms with E-state index >= 15 is 0 Å². The van der Waals surface area contributed by atoms with Crippen molar-refractivity contribution in [3.05, 3.63) is 76.8 Å². The highest BCUT2D eigenvalue weighted by molar-refractivity contribution is 6.09. The Morgan fingerprint density at radius 1 is 0.923 bits per heavy atom. The molecule has 0 saturated carbocycles. The number of hydrogen-bond acceptors (Lipinski definition) is 3. The number of nitro benzene ring substituents is 1. The highest BCUT2D eigenvalue weighted by atomic mass is 35.5. The van der Waals surface area contributed by atoms with Crippen LogP contribution >= 0.6 is 0 Å². The van der Waals surface area contributed by atoms with Gasteiger partial charge in [0.15, 0.2) is 0 Å². The van der Waals surface area contributed by atoms with Gasteiger partial charge < -0.3 is 18.1 Å². The molecule has 3 aromatic carbocycles. The molecule has 0 fully saturated rings. The Morgan fingerprint density at radius 3 is 2.31 bits per heavy atom. The number of benzene rings is 3. The number of non-ortho nitro benzene ring substituents is 1. The fourth-order valence-corrected chi connectivity index (χ4v) is 3.38. The quantitative estimate of drug-likeness (QED) is 0.189. The van der Waals surface area contributed by atoms with Gasteiger partial charge in [0.25, 0.3) is 5.69 Å². The summed E-state index contributed by atoms with van der Waals surface area (Å²) < 4.78 is 2.11. The van der Waals surface area contributed by atoms with Crippen LogP contribution < -0.4 is 22.7 Å². The summed E-state index contributed by atoms with van der Waals surface area (Å²) in [5.74, 6) is 0. The molecule has 2 N–H and O–H groups in total. The van der Waals surface area contributed by atoms with Gasteiger partial charge in [-0.05, 0) is 30.3 Å². The molecule has 1 heterocycles. The molecule has 0 amide bonds. The Labute approximate surface area is 156 Å². The number of nitrogens with zero attached hydrogens (tertiary/aromatic N) is 2. The zero-order valence-electron chi connectivity index (χ0n) is 14.0. The van der Waals surface area contributed by atoms with Crippen LogP contribution in [0, 0.1) is 10.1 Å². The molecule has 4 aromatic rings. The maximum Gasteiger partial charge on any atom is 0.269 e. The van der Waals surface area contributed by atoms with E-state index in [-0.39, 0.29) is 23.0 Å². The number of nitro groups is 1. The Hall–Kier alpha value is -3.18. The minimum atomic E-state index is -0.389.